The van der Waals surface area contributed by atoms with Crippen LogP contribution in [-0.4, -0.2) is 29.2 Å². The number of anilines is 1. The number of rotatable bonds is 7. The maximum absolute atomic E-state index is 11.7. The van der Waals surface area contributed by atoms with Crippen molar-refractivity contribution < 1.29 is 14.3 Å². The molecule has 0 saturated carbocycles. The van der Waals surface area contributed by atoms with Gasteiger partial charge in [-0.15, -0.1) is 11.8 Å². The van der Waals surface area contributed by atoms with Crippen LogP contribution in [0.25, 0.3) is 0 Å². The minimum Gasteiger partial charge on any atom is -0.456 e. The molecule has 0 aliphatic rings. The van der Waals surface area contributed by atoms with E-state index in [1.165, 1.54) is 18.0 Å². The first kappa shape index (κ1) is 18.6. The summed E-state index contributed by atoms with van der Waals surface area (Å²) in [5.41, 5.74) is 0.374. The molecule has 0 unspecified atom stereocenters. The van der Waals surface area contributed by atoms with Gasteiger partial charge >= 0.3 is 5.97 Å². The van der Waals surface area contributed by atoms with Gasteiger partial charge in [-0.1, -0.05) is 23.2 Å². The van der Waals surface area contributed by atoms with Crippen LogP contribution in [-0.2, 0) is 14.3 Å². The Morgan fingerprint density at radius 3 is 2.62 bits per heavy atom. The monoisotopic (exact) mass is 384 g/mol. The highest BCUT2D eigenvalue weighted by molar-refractivity contribution is 7.99. The second-order valence-corrected chi connectivity index (χ2v) is 6.57. The zero-order valence-corrected chi connectivity index (χ0v) is 14.8. The number of pyridine rings is 1. The average molecular weight is 385 g/mol. The summed E-state index contributed by atoms with van der Waals surface area (Å²) < 4.78 is 4.92. The fourth-order valence-electron chi connectivity index (χ4n) is 1.67. The fraction of sp³-hybridized carbons (Fsp3) is 0.188. The van der Waals surface area contributed by atoms with E-state index in [-0.39, 0.29) is 18.2 Å². The molecular weight excluding hydrogens is 371 g/mol. The number of carbonyl (C=O) groups excluding carboxylic acids is 2. The number of nitrogens with one attached hydrogen (secondary N) is 1. The van der Waals surface area contributed by atoms with Crippen LogP contribution >= 0.6 is 35.0 Å². The van der Waals surface area contributed by atoms with Crippen molar-refractivity contribution in [3.05, 3.63) is 52.8 Å². The highest BCUT2D eigenvalue weighted by Gasteiger charge is 2.10. The van der Waals surface area contributed by atoms with E-state index in [0.29, 0.717) is 16.5 Å². The normalized spacial score (nSPS) is 10.2. The summed E-state index contributed by atoms with van der Waals surface area (Å²) in [6, 6.07) is 10.6. The van der Waals surface area contributed by atoms with Gasteiger partial charge < -0.3 is 10.1 Å². The molecular formula is C16H14Cl2N2O3S. The van der Waals surface area contributed by atoms with Gasteiger partial charge in [0, 0.05) is 21.9 Å². The number of carbonyl (C=O) groups is 2. The predicted molar refractivity (Wildman–Crippen MR) is 95.6 cm³/mol. The van der Waals surface area contributed by atoms with Crippen LogP contribution in [0.4, 0.5) is 5.69 Å². The standard InChI is InChI=1S/C16H14Cl2N2O3S/c17-11-3-5-12(6-4-11)24-9-7-15(22)23-10-14(21)20-13-2-1-8-19-16(13)18/h1-6,8H,7,9-10H2,(H,20,21). The van der Waals surface area contributed by atoms with Crippen LogP contribution in [0.15, 0.2) is 47.5 Å². The van der Waals surface area contributed by atoms with Crippen molar-refractivity contribution >= 4 is 52.5 Å². The molecule has 1 aromatic heterocycles. The first-order valence-corrected chi connectivity index (χ1v) is 8.73. The first-order valence-electron chi connectivity index (χ1n) is 6.99. The van der Waals surface area contributed by atoms with Gasteiger partial charge in [0.2, 0.25) is 0 Å². The third kappa shape index (κ3) is 6.39. The number of thioether (sulfide) groups is 1. The Balaban J connectivity index is 1.66. The summed E-state index contributed by atoms with van der Waals surface area (Å²) in [7, 11) is 0. The number of esters is 1. The van der Waals surface area contributed by atoms with E-state index in [9.17, 15) is 9.59 Å². The Hall–Kier alpha value is -1.76. The van der Waals surface area contributed by atoms with Gasteiger partial charge in [-0.25, -0.2) is 4.98 Å². The number of hydrogen-bond donors (Lipinski definition) is 1. The van der Waals surface area contributed by atoms with E-state index >= 15 is 0 Å². The molecule has 0 bridgehead atoms. The Morgan fingerprint density at radius 1 is 1.17 bits per heavy atom. The Morgan fingerprint density at radius 2 is 1.92 bits per heavy atom. The third-order valence-electron chi connectivity index (χ3n) is 2.79. The van der Waals surface area contributed by atoms with Gasteiger partial charge in [0.25, 0.3) is 5.91 Å². The largest absolute Gasteiger partial charge is 0.456 e. The van der Waals surface area contributed by atoms with E-state index in [2.05, 4.69) is 10.3 Å². The third-order valence-corrected chi connectivity index (χ3v) is 4.35. The highest BCUT2D eigenvalue weighted by Crippen LogP contribution is 2.21. The maximum Gasteiger partial charge on any atom is 0.307 e. The Labute approximate surface area is 153 Å². The lowest BCUT2D eigenvalue weighted by Gasteiger charge is -2.07. The zero-order chi connectivity index (χ0) is 17.4. The van der Waals surface area contributed by atoms with Crippen LogP contribution in [0.1, 0.15) is 6.42 Å². The molecule has 1 aromatic carbocycles. The molecule has 1 N–H and O–H groups in total. The molecule has 2 aromatic rings. The average Bonchev–Trinajstić information content (AvgIpc) is 2.57. The fourth-order valence-corrected chi connectivity index (χ4v) is 2.79. The molecule has 126 valence electrons. The summed E-state index contributed by atoms with van der Waals surface area (Å²) in [6.45, 7) is -0.365. The molecule has 0 radical (unpaired) electrons. The van der Waals surface area contributed by atoms with E-state index in [1.807, 2.05) is 12.1 Å². The molecule has 8 heteroatoms. The molecule has 1 amide bonds. The predicted octanol–water partition coefficient (Wildman–Crippen LogP) is 4.05. The molecule has 0 aliphatic heterocycles. The smallest absolute Gasteiger partial charge is 0.307 e. The van der Waals surface area contributed by atoms with E-state index in [1.54, 1.807) is 24.3 Å². The lowest BCUT2D eigenvalue weighted by molar-refractivity contribution is -0.146. The highest BCUT2D eigenvalue weighted by atomic mass is 35.5. The van der Waals surface area contributed by atoms with Crippen molar-refractivity contribution in [1.29, 1.82) is 0 Å². The number of aromatic nitrogens is 1. The van der Waals surface area contributed by atoms with Crippen LogP contribution in [0.2, 0.25) is 10.2 Å². The lowest BCUT2D eigenvalue weighted by atomic mass is 10.4. The van der Waals surface area contributed by atoms with Gasteiger partial charge in [0.15, 0.2) is 11.8 Å². The van der Waals surface area contributed by atoms with Gasteiger partial charge in [0.05, 0.1) is 12.1 Å². The summed E-state index contributed by atoms with van der Waals surface area (Å²) in [5.74, 6) is -0.358. The number of amides is 1. The van der Waals surface area contributed by atoms with Crippen LogP contribution in [0.3, 0.4) is 0 Å². The molecule has 0 atom stereocenters. The van der Waals surface area contributed by atoms with Gasteiger partial charge in [-0.2, -0.15) is 0 Å². The first-order chi connectivity index (χ1) is 11.5. The SMILES string of the molecule is O=C(COC(=O)CCSc1ccc(Cl)cc1)Nc1cccnc1Cl. The van der Waals surface area contributed by atoms with Gasteiger partial charge in [0.1, 0.15) is 0 Å². The van der Waals surface area contributed by atoms with Crippen molar-refractivity contribution in [3.8, 4) is 0 Å². The molecule has 0 fully saturated rings. The molecule has 0 saturated heterocycles. The maximum atomic E-state index is 11.7. The van der Waals surface area contributed by atoms with Crippen molar-refractivity contribution in [2.45, 2.75) is 11.3 Å². The van der Waals surface area contributed by atoms with E-state index in [4.69, 9.17) is 27.9 Å². The number of halogens is 2. The van der Waals surface area contributed by atoms with Gasteiger partial charge in [-0.3, -0.25) is 9.59 Å². The molecule has 1 heterocycles. The minimum absolute atomic E-state index is 0.177. The molecule has 2 rings (SSSR count). The Bertz CT molecular complexity index is 711. The number of ether oxygens (including phenoxy) is 1. The molecule has 24 heavy (non-hydrogen) atoms. The summed E-state index contributed by atoms with van der Waals surface area (Å²) in [5, 5.41) is 3.37. The van der Waals surface area contributed by atoms with Gasteiger partial charge in [-0.05, 0) is 36.4 Å². The van der Waals surface area contributed by atoms with E-state index < -0.39 is 11.9 Å². The number of hydrogen-bond acceptors (Lipinski definition) is 5. The van der Waals surface area contributed by atoms with Crippen molar-refractivity contribution in [2.24, 2.45) is 0 Å². The van der Waals surface area contributed by atoms with E-state index in [0.717, 1.165) is 4.90 Å². The van der Waals surface area contributed by atoms with Crippen LogP contribution < -0.4 is 5.32 Å². The Kier molecular flexibility index (Phi) is 7.36. The summed E-state index contributed by atoms with van der Waals surface area (Å²) >= 11 is 13.1. The van der Waals surface area contributed by atoms with Crippen molar-refractivity contribution in [2.75, 3.05) is 17.7 Å². The number of nitrogens with zero attached hydrogens (tertiary/aromatic N) is 1. The quantitative estimate of drug-likeness (QED) is 0.442. The zero-order valence-electron chi connectivity index (χ0n) is 12.5. The van der Waals surface area contributed by atoms with Crippen LogP contribution in [0, 0.1) is 0 Å². The second-order valence-electron chi connectivity index (χ2n) is 4.60. The minimum atomic E-state index is -0.469. The lowest BCUT2D eigenvalue weighted by Crippen LogP contribution is -2.21. The molecule has 0 spiro atoms. The number of benzene rings is 1. The van der Waals surface area contributed by atoms with Crippen molar-refractivity contribution in [3.63, 3.8) is 0 Å². The van der Waals surface area contributed by atoms with Crippen molar-refractivity contribution in [1.82, 2.24) is 4.98 Å². The molecule has 5 nitrogen and oxygen atoms in total. The second kappa shape index (κ2) is 9.52. The topological polar surface area (TPSA) is 68.3 Å². The summed E-state index contributed by atoms with van der Waals surface area (Å²) in [4.78, 5) is 28.2. The summed E-state index contributed by atoms with van der Waals surface area (Å²) in [6.07, 6.45) is 1.71. The molecule has 0 aliphatic carbocycles. The van der Waals surface area contributed by atoms with Crippen LogP contribution in [0.5, 0.6) is 0 Å².